The van der Waals surface area contributed by atoms with Crippen molar-refractivity contribution >= 4 is 82.6 Å². The molecule has 12 aromatic carbocycles. The highest BCUT2D eigenvalue weighted by Crippen LogP contribution is 2.41. The summed E-state index contributed by atoms with van der Waals surface area (Å²) in [4.78, 5) is 2.36. The molecular weight excluding hydrogens is 923 g/mol. The number of anilines is 3. The number of benzene rings is 12. The molecule has 0 aliphatic carbocycles. The quantitative estimate of drug-likeness (QED) is 0.144. The van der Waals surface area contributed by atoms with Crippen molar-refractivity contribution in [1.29, 1.82) is 0 Å². The molecule has 76 heavy (non-hydrogen) atoms. The van der Waals surface area contributed by atoms with Gasteiger partial charge in [-0.15, -0.1) is 0 Å². The third kappa shape index (κ3) is 7.30. The summed E-state index contributed by atoms with van der Waals surface area (Å²) in [6.07, 6.45) is 0. The summed E-state index contributed by atoms with van der Waals surface area (Å²) in [5.74, 6) is 0. The molecule has 356 valence electrons. The Bertz CT molecular complexity index is 4380. The summed E-state index contributed by atoms with van der Waals surface area (Å²) in [6, 6.07) is 103. The van der Waals surface area contributed by atoms with Gasteiger partial charge in [0.25, 0.3) is 0 Å². The van der Waals surface area contributed by atoms with E-state index in [9.17, 15) is 0 Å². The van der Waals surface area contributed by atoms with E-state index in [1.165, 1.54) is 43.6 Å². The molecule has 15 rings (SSSR count). The Kier molecular flexibility index (Phi) is 10.2. The molecule has 0 amide bonds. The molecule has 4 nitrogen and oxygen atoms in total. The van der Waals surface area contributed by atoms with E-state index in [4.69, 9.17) is 4.42 Å². The predicted molar refractivity (Wildman–Crippen MR) is 319 cm³/mol. The van der Waals surface area contributed by atoms with Gasteiger partial charge >= 0.3 is 0 Å². The van der Waals surface area contributed by atoms with Gasteiger partial charge in [0, 0.05) is 60.8 Å². The number of hydrogen-bond donors (Lipinski definition) is 0. The smallest absolute Gasteiger partial charge is 0.136 e. The van der Waals surface area contributed by atoms with Crippen molar-refractivity contribution < 1.29 is 4.42 Å². The first-order valence-electron chi connectivity index (χ1n) is 26.0. The van der Waals surface area contributed by atoms with Crippen molar-refractivity contribution in [3.05, 3.63) is 285 Å². The van der Waals surface area contributed by atoms with Crippen LogP contribution in [0.25, 0.3) is 121 Å². The first-order valence-corrected chi connectivity index (χ1v) is 26.0. The zero-order chi connectivity index (χ0) is 50.1. The monoisotopic (exact) mass is 969 g/mol. The van der Waals surface area contributed by atoms with Crippen LogP contribution in [-0.4, -0.2) is 9.13 Å². The number of hydrogen-bond acceptors (Lipinski definition) is 2. The van der Waals surface area contributed by atoms with Gasteiger partial charge in [-0.3, -0.25) is 0 Å². The summed E-state index contributed by atoms with van der Waals surface area (Å²) >= 11 is 0. The fourth-order valence-electron chi connectivity index (χ4n) is 11.7. The highest BCUT2D eigenvalue weighted by molar-refractivity contribution is 6.10. The van der Waals surface area contributed by atoms with Crippen LogP contribution in [-0.2, 0) is 0 Å². The minimum absolute atomic E-state index is 0.899. The number of fused-ring (bicyclic) bond motifs is 9. The van der Waals surface area contributed by atoms with Crippen molar-refractivity contribution in [2.24, 2.45) is 0 Å². The molecule has 0 bridgehead atoms. The second kappa shape index (κ2) is 17.8. The first kappa shape index (κ1) is 43.4. The molecule has 3 aromatic heterocycles. The second-order valence-electron chi connectivity index (χ2n) is 19.7. The number of nitrogens with zero attached hydrogens (tertiary/aromatic N) is 3. The molecule has 0 saturated heterocycles. The molecule has 0 radical (unpaired) electrons. The third-order valence-electron chi connectivity index (χ3n) is 15.3. The number of para-hydroxylation sites is 5. The minimum Gasteiger partial charge on any atom is -0.456 e. The lowest BCUT2D eigenvalue weighted by Gasteiger charge is -2.26. The number of rotatable bonds is 9. The largest absolute Gasteiger partial charge is 0.456 e. The molecule has 3 heterocycles. The number of aromatic nitrogens is 2. The van der Waals surface area contributed by atoms with Crippen LogP contribution in [0.15, 0.2) is 290 Å². The number of furan rings is 1. The van der Waals surface area contributed by atoms with E-state index < -0.39 is 0 Å². The summed E-state index contributed by atoms with van der Waals surface area (Å²) in [7, 11) is 0. The van der Waals surface area contributed by atoms with E-state index in [0.717, 1.165) is 94.9 Å². The van der Waals surface area contributed by atoms with Gasteiger partial charge in [-0.25, -0.2) is 0 Å². The Morgan fingerprint density at radius 1 is 0.224 bits per heavy atom. The molecule has 4 heteroatoms. The van der Waals surface area contributed by atoms with E-state index in [0.29, 0.717) is 0 Å². The van der Waals surface area contributed by atoms with E-state index in [-0.39, 0.29) is 0 Å². The van der Waals surface area contributed by atoms with Crippen LogP contribution in [0.5, 0.6) is 0 Å². The Morgan fingerprint density at radius 3 is 1.00 bits per heavy atom. The van der Waals surface area contributed by atoms with Gasteiger partial charge in [0.15, 0.2) is 0 Å². The van der Waals surface area contributed by atoms with Gasteiger partial charge in [-0.05, 0) is 154 Å². The van der Waals surface area contributed by atoms with Gasteiger partial charge in [-0.2, -0.15) is 0 Å². The molecule has 0 unspecified atom stereocenters. The van der Waals surface area contributed by atoms with Gasteiger partial charge in [-0.1, -0.05) is 176 Å². The highest BCUT2D eigenvalue weighted by Gasteiger charge is 2.18. The van der Waals surface area contributed by atoms with Crippen molar-refractivity contribution in [3.8, 4) is 55.9 Å². The molecule has 0 aliphatic heterocycles. The maximum atomic E-state index is 6.28. The van der Waals surface area contributed by atoms with Gasteiger partial charge in [0.05, 0.1) is 22.1 Å². The highest BCUT2D eigenvalue weighted by atomic mass is 16.3. The van der Waals surface area contributed by atoms with Crippen LogP contribution in [0.3, 0.4) is 0 Å². The lowest BCUT2D eigenvalue weighted by Crippen LogP contribution is -2.09. The van der Waals surface area contributed by atoms with E-state index >= 15 is 0 Å². The SMILES string of the molecule is c1cc(-c2ccc(N(c3ccc(-c4cccc(-n5c6ccccc6c6ccccc65)c4)cc3)c3ccc(-c4cccc(-n5c6ccccc6c6ccccc65)c4)cc3)cc2)cc(-c2ccc3c(c2)oc2ccccc23)c1. The molecule has 0 N–H and O–H groups in total. The van der Waals surface area contributed by atoms with Crippen LogP contribution in [0, 0.1) is 0 Å². The maximum Gasteiger partial charge on any atom is 0.136 e. The average Bonchev–Trinajstić information content (AvgIpc) is 4.17. The van der Waals surface area contributed by atoms with Crippen LogP contribution in [0.1, 0.15) is 0 Å². The molecule has 0 spiro atoms. The Morgan fingerprint density at radius 2 is 0.553 bits per heavy atom. The molecule has 0 fully saturated rings. The normalized spacial score (nSPS) is 11.7. The van der Waals surface area contributed by atoms with E-state index in [1.54, 1.807) is 0 Å². The summed E-state index contributed by atoms with van der Waals surface area (Å²) in [5, 5.41) is 7.30. The fourth-order valence-corrected chi connectivity index (χ4v) is 11.7. The van der Waals surface area contributed by atoms with Crippen molar-refractivity contribution in [1.82, 2.24) is 9.13 Å². The summed E-state index contributed by atoms with van der Waals surface area (Å²) in [6.45, 7) is 0. The summed E-state index contributed by atoms with van der Waals surface area (Å²) in [5.41, 5.74) is 21.3. The third-order valence-corrected chi connectivity index (χ3v) is 15.3. The first-order chi connectivity index (χ1) is 37.7. The molecule has 0 saturated carbocycles. The van der Waals surface area contributed by atoms with Crippen LogP contribution in [0.4, 0.5) is 17.1 Å². The van der Waals surface area contributed by atoms with E-state index in [1.807, 2.05) is 12.1 Å². The predicted octanol–water partition coefficient (Wildman–Crippen LogP) is 19.9. The van der Waals surface area contributed by atoms with Crippen molar-refractivity contribution in [2.75, 3.05) is 4.90 Å². The van der Waals surface area contributed by atoms with Crippen molar-refractivity contribution in [3.63, 3.8) is 0 Å². The van der Waals surface area contributed by atoms with Gasteiger partial charge < -0.3 is 18.5 Å². The zero-order valence-electron chi connectivity index (χ0n) is 41.4. The molecular formula is C72H47N3O. The lowest BCUT2D eigenvalue weighted by atomic mass is 9.98. The topological polar surface area (TPSA) is 26.2 Å². The van der Waals surface area contributed by atoms with Gasteiger partial charge in [0.1, 0.15) is 11.2 Å². The molecule has 15 aromatic rings. The standard InChI is InChI=1S/C72H47N3O/c1-6-25-67-61(20-1)62-21-2-7-26-68(62)74(67)59-18-12-16-53(45-59)49-32-39-57(40-33-49)73(56-37-30-48(31-38-56)51-14-11-15-52(44-51)55-36-43-66-65-24-5-10-29-71(65)76-72(66)47-55)58-41-34-50(35-42-58)54-17-13-19-60(46-54)75-69-27-8-3-22-63(69)64-23-4-9-28-70(64)75/h1-47H. The summed E-state index contributed by atoms with van der Waals surface area (Å²) < 4.78 is 11.0. The Balaban J connectivity index is 0.785. The van der Waals surface area contributed by atoms with Crippen LogP contribution < -0.4 is 4.90 Å². The zero-order valence-corrected chi connectivity index (χ0v) is 41.4. The minimum atomic E-state index is 0.899. The lowest BCUT2D eigenvalue weighted by molar-refractivity contribution is 0.669. The fraction of sp³-hybridized carbons (Fsp3) is 0. The Hall–Kier alpha value is -10.2. The van der Waals surface area contributed by atoms with Crippen molar-refractivity contribution in [2.45, 2.75) is 0 Å². The van der Waals surface area contributed by atoms with E-state index in [2.05, 4.69) is 287 Å². The van der Waals surface area contributed by atoms with Crippen LogP contribution >= 0.6 is 0 Å². The second-order valence-corrected chi connectivity index (χ2v) is 19.7. The Labute approximate surface area is 439 Å². The maximum absolute atomic E-state index is 6.28. The van der Waals surface area contributed by atoms with Gasteiger partial charge in [0.2, 0.25) is 0 Å². The van der Waals surface area contributed by atoms with Crippen LogP contribution in [0.2, 0.25) is 0 Å². The average molecular weight is 970 g/mol. The molecule has 0 atom stereocenters. The molecule has 0 aliphatic rings.